The first-order valence-corrected chi connectivity index (χ1v) is 17.7. The zero-order chi connectivity index (χ0) is 21.3. The van der Waals surface area contributed by atoms with Crippen LogP contribution in [0.4, 0.5) is 0 Å². The van der Waals surface area contributed by atoms with Gasteiger partial charge in [0.25, 0.3) is 0 Å². The molecule has 0 bridgehead atoms. The van der Waals surface area contributed by atoms with Gasteiger partial charge in [-0.05, 0) is 0 Å². The predicted octanol–water partition coefficient (Wildman–Crippen LogP) is -3.35. The number of allylic oxidation sites excluding steroid dienone is 16. The third kappa shape index (κ3) is 11.1. The molecule has 0 N–H and O–H groups in total. The van der Waals surface area contributed by atoms with E-state index in [9.17, 15) is 0 Å². The minimum Gasteiger partial charge on any atom is -1.00 e. The van der Waals surface area contributed by atoms with E-state index in [-0.39, 0.29) is 49.6 Å². The molecule has 0 aromatic carbocycles. The van der Waals surface area contributed by atoms with Crippen LogP contribution in [0, 0.1) is 0 Å². The second-order valence-electron chi connectivity index (χ2n) is 8.51. The molecule has 6 heteroatoms. The van der Waals surface area contributed by atoms with E-state index in [4.69, 9.17) is 0 Å². The number of hydrogen-bond donors (Lipinski definition) is 0. The fourth-order valence-corrected chi connectivity index (χ4v) is 13.0. The average Bonchev–Trinajstić information content (AvgIpc) is 3.52. The molecule has 0 heterocycles. The molecule has 0 aromatic heterocycles. The first kappa shape index (κ1) is 37.0. The second kappa shape index (κ2) is 19.9. The van der Waals surface area contributed by atoms with Crippen LogP contribution < -0.4 is 49.6 Å². The maximum atomic E-state index is 2.39. The molecule has 0 aliphatic heterocycles. The minimum absolute atomic E-state index is 0. The van der Waals surface area contributed by atoms with Gasteiger partial charge in [0.1, 0.15) is 0 Å². The Kier molecular flexibility index (Phi) is 21.6. The van der Waals surface area contributed by atoms with E-state index in [0.29, 0.717) is 0 Å². The first-order valence-electron chi connectivity index (χ1n) is 11.7. The third-order valence-corrected chi connectivity index (χ3v) is 16.6. The summed E-state index contributed by atoms with van der Waals surface area (Å²) in [6.45, 7) is 9.12. The SMILES string of the molecule is CC1=[C]([Hf+2][C]2=C(C)C=CC2)CC=C1.CCCC1=[C]([Zr+2][C]2=C(CCC)C=CC2)CC=C1.[Cl-].[Cl-].[Cl-].[Cl-]. The van der Waals surface area contributed by atoms with E-state index in [2.05, 4.69) is 76.3 Å². The van der Waals surface area contributed by atoms with Crippen LogP contribution in [0.1, 0.15) is 79.1 Å². The van der Waals surface area contributed by atoms with Gasteiger partial charge in [-0.3, -0.25) is 0 Å². The zero-order valence-corrected chi connectivity index (χ0v) is 29.9. The molecule has 0 radical (unpaired) electrons. The van der Waals surface area contributed by atoms with Crippen molar-refractivity contribution in [1.82, 2.24) is 0 Å². The zero-order valence-electron chi connectivity index (χ0n) is 20.8. The quantitative estimate of drug-likeness (QED) is 0.226. The van der Waals surface area contributed by atoms with Gasteiger partial charge in [0.15, 0.2) is 0 Å². The van der Waals surface area contributed by atoms with Crippen LogP contribution in [-0.4, -0.2) is 0 Å². The summed E-state index contributed by atoms with van der Waals surface area (Å²) in [5, 5.41) is 0. The molecule has 4 aliphatic rings. The van der Waals surface area contributed by atoms with Crippen molar-refractivity contribution in [3.8, 4) is 0 Å². The molecule has 0 saturated heterocycles. The summed E-state index contributed by atoms with van der Waals surface area (Å²) in [4.78, 5) is 0. The molecule has 0 atom stereocenters. The second-order valence-corrected chi connectivity index (χ2v) is 17.3. The van der Waals surface area contributed by atoms with Gasteiger partial charge in [0.2, 0.25) is 0 Å². The molecule has 0 saturated carbocycles. The van der Waals surface area contributed by atoms with Crippen molar-refractivity contribution < 1.29 is 95.8 Å². The molecule has 0 unspecified atom stereocenters. The van der Waals surface area contributed by atoms with E-state index in [1.54, 1.807) is 29.0 Å². The molecule has 0 nitrogen and oxygen atoms in total. The summed E-state index contributed by atoms with van der Waals surface area (Å²) in [5.74, 6) is 0. The van der Waals surface area contributed by atoms with Crippen molar-refractivity contribution >= 4 is 0 Å². The summed E-state index contributed by atoms with van der Waals surface area (Å²) in [5.41, 5.74) is 6.51. The Morgan fingerprint density at radius 3 is 1.32 bits per heavy atom. The molecule has 0 aromatic rings. The van der Waals surface area contributed by atoms with Crippen molar-refractivity contribution in [2.24, 2.45) is 0 Å². The van der Waals surface area contributed by atoms with Crippen LogP contribution in [0.5, 0.6) is 0 Å². The Balaban J connectivity index is 0. The Labute approximate surface area is 256 Å². The first-order chi connectivity index (χ1) is 14.6. The summed E-state index contributed by atoms with van der Waals surface area (Å²) in [6.07, 6.45) is 29.0. The smallest absolute Gasteiger partial charge is 1.00 e. The molecule has 4 aliphatic carbocycles. The molecule has 34 heavy (non-hydrogen) atoms. The summed E-state index contributed by atoms with van der Waals surface area (Å²) in [7, 11) is 0. The van der Waals surface area contributed by atoms with Crippen LogP contribution in [0.25, 0.3) is 0 Å². The summed E-state index contributed by atoms with van der Waals surface area (Å²) >= 11 is -1.05. The van der Waals surface area contributed by atoms with E-state index < -0.39 is 46.1 Å². The predicted molar refractivity (Wildman–Crippen MR) is 124 cm³/mol. The Bertz CT molecular complexity index is 829. The van der Waals surface area contributed by atoms with Crippen molar-refractivity contribution in [2.75, 3.05) is 0 Å². The molecular formula is C28H36Cl4HfZr. The maximum absolute atomic E-state index is 2.39. The fourth-order valence-electron chi connectivity index (χ4n) is 4.26. The van der Waals surface area contributed by atoms with Gasteiger partial charge in [-0.15, -0.1) is 0 Å². The van der Waals surface area contributed by atoms with Gasteiger partial charge in [-0.1, -0.05) is 0 Å². The third-order valence-electron chi connectivity index (χ3n) is 6.03. The largest absolute Gasteiger partial charge is 1.00 e. The van der Waals surface area contributed by atoms with E-state index in [0.717, 1.165) is 0 Å². The standard InChI is InChI=1S/2C8H11.2C6H7.4ClH.Hf.Zr/c2*1-2-5-8-6-3-4-7-8;2*1-6-4-2-3-5-6;;;;;;/h2*3,6H,2,4-5H2,1H3;2*2,4H,3H2,1H3;4*1H;;/q;;;;;;;;2*+2/p-4. The number of hydrogen-bond acceptors (Lipinski definition) is 0. The maximum Gasteiger partial charge on any atom is -1.00 e. The molecule has 0 fully saturated rings. The van der Waals surface area contributed by atoms with Gasteiger partial charge in [-0.25, -0.2) is 0 Å². The van der Waals surface area contributed by atoms with Crippen molar-refractivity contribution in [3.63, 3.8) is 0 Å². The van der Waals surface area contributed by atoms with Gasteiger partial charge in [-0.2, -0.15) is 0 Å². The normalized spacial score (nSPS) is 17.1. The monoisotopic (exact) mass is 782 g/mol. The van der Waals surface area contributed by atoms with Crippen LogP contribution in [0.15, 0.2) is 84.1 Å². The minimum atomic E-state index is -0.612. The van der Waals surface area contributed by atoms with Gasteiger partial charge in [0.05, 0.1) is 0 Å². The van der Waals surface area contributed by atoms with Crippen molar-refractivity contribution in [3.05, 3.63) is 84.1 Å². The Hall–Kier alpha value is 0.833. The Morgan fingerprint density at radius 1 is 0.618 bits per heavy atom. The summed E-state index contributed by atoms with van der Waals surface area (Å²) in [6, 6.07) is 0. The molecular weight excluding hydrogens is 748 g/mol. The van der Waals surface area contributed by atoms with E-state index >= 15 is 0 Å². The van der Waals surface area contributed by atoms with Gasteiger partial charge >= 0.3 is 209 Å². The number of halogens is 4. The van der Waals surface area contributed by atoms with Crippen LogP contribution >= 0.6 is 0 Å². The van der Waals surface area contributed by atoms with Gasteiger partial charge in [0, 0.05) is 0 Å². The summed E-state index contributed by atoms with van der Waals surface area (Å²) < 4.78 is 7.31. The van der Waals surface area contributed by atoms with Crippen LogP contribution in [0.2, 0.25) is 0 Å². The molecule has 0 spiro atoms. The van der Waals surface area contributed by atoms with Crippen molar-refractivity contribution in [1.29, 1.82) is 0 Å². The molecule has 4 rings (SSSR count). The molecule has 0 amide bonds. The molecule has 184 valence electrons. The fraction of sp³-hybridized carbons (Fsp3) is 0.429. The average molecular weight is 784 g/mol. The van der Waals surface area contributed by atoms with Crippen LogP contribution in [0.3, 0.4) is 0 Å². The number of rotatable bonds is 8. The Morgan fingerprint density at radius 2 is 1.00 bits per heavy atom. The van der Waals surface area contributed by atoms with Crippen LogP contribution in [-0.2, 0) is 46.1 Å². The van der Waals surface area contributed by atoms with Gasteiger partial charge < -0.3 is 49.6 Å². The van der Waals surface area contributed by atoms with E-state index in [1.807, 2.05) is 6.56 Å². The van der Waals surface area contributed by atoms with Crippen molar-refractivity contribution in [2.45, 2.75) is 79.1 Å². The topological polar surface area (TPSA) is 0 Å². The van der Waals surface area contributed by atoms with E-state index in [1.165, 1.54) is 51.4 Å².